The van der Waals surface area contributed by atoms with Crippen LogP contribution in [0.15, 0.2) is 36.5 Å². The minimum Gasteiger partial charge on any atom is -0.462 e. The number of unbranched alkanes of at least 4 members (excludes halogenated alkanes) is 53. The Bertz CT molecular complexity index is 1380. The Labute approximate surface area is 518 Å². The van der Waals surface area contributed by atoms with Crippen LogP contribution in [-0.2, 0) is 28.6 Å². The second kappa shape index (κ2) is 72.1. The molecule has 0 N–H and O–H groups in total. The number of esters is 3. The van der Waals surface area contributed by atoms with E-state index in [2.05, 4.69) is 57.2 Å². The highest BCUT2D eigenvalue weighted by molar-refractivity contribution is 5.71. The van der Waals surface area contributed by atoms with E-state index in [1.54, 1.807) is 0 Å². The first-order valence-corrected chi connectivity index (χ1v) is 37.5. The van der Waals surface area contributed by atoms with Crippen LogP contribution in [0, 0.1) is 0 Å². The smallest absolute Gasteiger partial charge is 0.306 e. The predicted molar refractivity (Wildman–Crippen MR) is 362 cm³/mol. The van der Waals surface area contributed by atoms with E-state index in [1.165, 1.54) is 283 Å². The lowest BCUT2D eigenvalue weighted by Crippen LogP contribution is -2.30. The van der Waals surface area contributed by atoms with E-state index in [0.29, 0.717) is 19.3 Å². The van der Waals surface area contributed by atoms with Gasteiger partial charge < -0.3 is 14.2 Å². The molecule has 0 spiro atoms. The van der Waals surface area contributed by atoms with Crippen molar-refractivity contribution in [3.63, 3.8) is 0 Å². The monoisotopic (exact) mass is 1170 g/mol. The molecule has 0 saturated carbocycles. The van der Waals surface area contributed by atoms with E-state index in [0.717, 1.165) is 96.3 Å². The summed E-state index contributed by atoms with van der Waals surface area (Å²) in [4.78, 5) is 38.4. The molecule has 0 radical (unpaired) electrons. The Hall–Kier alpha value is -2.37. The largest absolute Gasteiger partial charge is 0.462 e. The van der Waals surface area contributed by atoms with Crippen LogP contribution in [0.5, 0.6) is 0 Å². The van der Waals surface area contributed by atoms with Crippen LogP contribution in [0.25, 0.3) is 0 Å². The predicted octanol–water partition coefficient (Wildman–Crippen LogP) is 25.9. The van der Waals surface area contributed by atoms with Gasteiger partial charge in [0.1, 0.15) is 13.2 Å². The third-order valence-corrected chi connectivity index (χ3v) is 17.2. The van der Waals surface area contributed by atoms with Crippen molar-refractivity contribution in [2.75, 3.05) is 13.2 Å². The number of allylic oxidation sites excluding steroid dienone is 6. The van der Waals surface area contributed by atoms with E-state index >= 15 is 0 Å². The van der Waals surface area contributed by atoms with Gasteiger partial charge in [0, 0.05) is 19.3 Å². The summed E-state index contributed by atoms with van der Waals surface area (Å²) >= 11 is 0. The lowest BCUT2D eigenvalue weighted by molar-refractivity contribution is -0.167. The third-order valence-electron chi connectivity index (χ3n) is 17.2. The van der Waals surface area contributed by atoms with Crippen molar-refractivity contribution in [1.82, 2.24) is 0 Å². The molecule has 1 atom stereocenters. The second-order valence-corrected chi connectivity index (χ2v) is 25.5. The summed E-state index contributed by atoms with van der Waals surface area (Å²) < 4.78 is 17.0. The lowest BCUT2D eigenvalue weighted by atomic mass is 10.0. The van der Waals surface area contributed by atoms with Gasteiger partial charge in [-0.05, 0) is 51.4 Å². The maximum Gasteiger partial charge on any atom is 0.306 e. The minimum absolute atomic E-state index is 0.0719. The standard InChI is InChI=1S/C77H144O6/c1-4-7-10-13-16-19-22-25-28-30-31-32-33-34-35-36-37-38-39-40-41-42-43-44-45-46-47-50-52-55-58-61-64-67-70-76(79)82-73-74(72-81-75(78)69-66-63-60-57-54-51-48-27-24-21-18-15-12-9-6-3)83-77(80)71-68-65-62-59-56-53-49-29-26-23-20-17-14-11-8-5-2/h9,12,18,21,27,48,74H,4-8,10-11,13-17,19-20,22-26,28-47,49-73H2,1-3H3/b12-9-,21-18-,48-27-. The Morgan fingerprint density at radius 2 is 0.470 bits per heavy atom. The molecule has 0 saturated heterocycles. The average molecular weight is 1170 g/mol. The molecule has 0 aromatic heterocycles. The fraction of sp³-hybridized carbons (Fsp3) is 0.883. The molecule has 0 fully saturated rings. The summed E-state index contributed by atoms with van der Waals surface area (Å²) in [6, 6.07) is 0. The third kappa shape index (κ3) is 70.3. The summed E-state index contributed by atoms with van der Waals surface area (Å²) in [5.74, 6) is -0.859. The highest BCUT2D eigenvalue weighted by Crippen LogP contribution is 2.20. The van der Waals surface area contributed by atoms with Gasteiger partial charge in [-0.2, -0.15) is 0 Å². The zero-order valence-electron chi connectivity index (χ0n) is 56.2. The van der Waals surface area contributed by atoms with Crippen LogP contribution in [-0.4, -0.2) is 37.2 Å². The first-order valence-electron chi connectivity index (χ1n) is 37.5. The molecule has 488 valence electrons. The average Bonchev–Trinajstić information content (AvgIpc) is 3.49. The molecule has 0 aromatic rings. The number of carbonyl (C=O) groups excluding carboxylic acids is 3. The van der Waals surface area contributed by atoms with Crippen LogP contribution in [0.1, 0.15) is 419 Å². The normalized spacial score (nSPS) is 12.2. The lowest BCUT2D eigenvalue weighted by Gasteiger charge is -2.18. The Morgan fingerprint density at radius 3 is 0.735 bits per heavy atom. The maximum absolute atomic E-state index is 12.9. The minimum atomic E-state index is -0.777. The molecule has 0 bridgehead atoms. The number of rotatable bonds is 70. The zero-order valence-corrected chi connectivity index (χ0v) is 56.2. The van der Waals surface area contributed by atoms with Crippen LogP contribution in [0.2, 0.25) is 0 Å². The molecule has 0 aliphatic carbocycles. The van der Waals surface area contributed by atoms with Crippen molar-refractivity contribution < 1.29 is 28.6 Å². The molecule has 0 amide bonds. The molecule has 0 aliphatic heterocycles. The van der Waals surface area contributed by atoms with E-state index in [-0.39, 0.29) is 31.1 Å². The van der Waals surface area contributed by atoms with Gasteiger partial charge in [-0.15, -0.1) is 0 Å². The van der Waals surface area contributed by atoms with Gasteiger partial charge in [0.05, 0.1) is 0 Å². The van der Waals surface area contributed by atoms with Crippen molar-refractivity contribution in [3.05, 3.63) is 36.5 Å². The van der Waals surface area contributed by atoms with Crippen molar-refractivity contribution in [1.29, 1.82) is 0 Å². The highest BCUT2D eigenvalue weighted by Gasteiger charge is 2.20. The van der Waals surface area contributed by atoms with Crippen molar-refractivity contribution in [3.8, 4) is 0 Å². The number of ether oxygens (including phenoxy) is 3. The van der Waals surface area contributed by atoms with Crippen LogP contribution < -0.4 is 0 Å². The fourth-order valence-corrected chi connectivity index (χ4v) is 11.6. The molecule has 0 aromatic carbocycles. The quantitative estimate of drug-likeness (QED) is 0.0261. The van der Waals surface area contributed by atoms with E-state index in [9.17, 15) is 14.4 Å². The summed E-state index contributed by atoms with van der Waals surface area (Å²) in [5.41, 5.74) is 0. The summed E-state index contributed by atoms with van der Waals surface area (Å²) in [6.07, 6.45) is 90.7. The highest BCUT2D eigenvalue weighted by atomic mass is 16.6. The first kappa shape index (κ1) is 80.6. The molecule has 1 unspecified atom stereocenters. The molecule has 0 aliphatic rings. The van der Waals surface area contributed by atoms with Gasteiger partial charge in [0.2, 0.25) is 0 Å². The molecule has 83 heavy (non-hydrogen) atoms. The number of hydrogen-bond acceptors (Lipinski definition) is 6. The van der Waals surface area contributed by atoms with Crippen molar-refractivity contribution in [2.24, 2.45) is 0 Å². The second-order valence-electron chi connectivity index (χ2n) is 25.5. The van der Waals surface area contributed by atoms with E-state index in [1.807, 2.05) is 0 Å². The van der Waals surface area contributed by atoms with Gasteiger partial charge in [0.15, 0.2) is 6.10 Å². The zero-order chi connectivity index (χ0) is 59.9. The van der Waals surface area contributed by atoms with Gasteiger partial charge >= 0.3 is 17.9 Å². The molecular weight excluding hydrogens is 1020 g/mol. The molecule has 6 nitrogen and oxygen atoms in total. The first-order chi connectivity index (χ1) is 41.0. The van der Waals surface area contributed by atoms with E-state index < -0.39 is 6.10 Å². The maximum atomic E-state index is 12.9. The van der Waals surface area contributed by atoms with Gasteiger partial charge in [-0.3, -0.25) is 14.4 Å². The molecule has 6 heteroatoms. The molecular formula is C77H144O6. The van der Waals surface area contributed by atoms with Gasteiger partial charge in [-0.25, -0.2) is 0 Å². The Morgan fingerprint density at radius 1 is 0.253 bits per heavy atom. The molecule has 0 rings (SSSR count). The summed E-state index contributed by atoms with van der Waals surface area (Å²) in [5, 5.41) is 0. The van der Waals surface area contributed by atoms with Gasteiger partial charge in [0.25, 0.3) is 0 Å². The van der Waals surface area contributed by atoms with Crippen LogP contribution >= 0.6 is 0 Å². The number of hydrogen-bond donors (Lipinski definition) is 0. The SMILES string of the molecule is CC/C=C\C/C=C\C/C=C\CCCCCCCC(=O)OCC(COC(=O)CCCCCCCCCCCCCCCCCCCCCCCCCCCCCCCCCCCC)OC(=O)CCCCCCCCCCCCCCCCCC. The van der Waals surface area contributed by atoms with Crippen molar-refractivity contribution >= 4 is 17.9 Å². The molecule has 0 heterocycles. The van der Waals surface area contributed by atoms with E-state index in [4.69, 9.17) is 14.2 Å². The number of carbonyl (C=O) groups is 3. The summed E-state index contributed by atoms with van der Waals surface area (Å²) in [6.45, 7) is 6.60. The Kier molecular flexibility index (Phi) is 70.0. The summed E-state index contributed by atoms with van der Waals surface area (Å²) in [7, 11) is 0. The fourth-order valence-electron chi connectivity index (χ4n) is 11.6. The van der Waals surface area contributed by atoms with Crippen LogP contribution in [0.3, 0.4) is 0 Å². The topological polar surface area (TPSA) is 78.9 Å². The van der Waals surface area contributed by atoms with Gasteiger partial charge in [-0.1, -0.05) is 385 Å². The Balaban J connectivity index is 4.09. The van der Waals surface area contributed by atoms with Crippen LogP contribution in [0.4, 0.5) is 0 Å². The van der Waals surface area contributed by atoms with Crippen molar-refractivity contribution in [2.45, 2.75) is 425 Å².